The summed E-state index contributed by atoms with van der Waals surface area (Å²) in [4.78, 5) is 13.7. The quantitative estimate of drug-likeness (QED) is 0.424. The fraction of sp³-hybridized carbons (Fsp3) is 0.615. The van der Waals surface area contributed by atoms with Crippen LogP contribution < -0.4 is 11.3 Å². The SMILES string of the molecule is CC1(O)CCCN(Cc2occc2C(=O)NN)CC1. The summed E-state index contributed by atoms with van der Waals surface area (Å²) in [6, 6.07) is 1.62. The Labute approximate surface area is 112 Å². The van der Waals surface area contributed by atoms with Gasteiger partial charge in [-0.1, -0.05) is 0 Å². The molecular formula is C13H21N3O3. The van der Waals surface area contributed by atoms with Gasteiger partial charge < -0.3 is 9.52 Å². The Morgan fingerprint density at radius 2 is 2.37 bits per heavy atom. The van der Waals surface area contributed by atoms with Crippen LogP contribution in [0, 0.1) is 0 Å². The first-order chi connectivity index (χ1) is 9.02. The van der Waals surface area contributed by atoms with Crippen LogP contribution in [0.5, 0.6) is 0 Å². The molecular weight excluding hydrogens is 246 g/mol. The Morgan fingerprint density at radius 3 is 3.11 bits per heavy atom. The third kappa shape index (κ3) is 3.56. The lowest BCUT2D eigenvalue weighted by Crippen LogP contribution is -2.32. The minimum atomic E-state index is -0.588. The number of hydrazine groups is 1. The van der Waals surface area contributed by atoms with Crippen molar-refractivity contribution >= 4 is 5.91 Å². The summed E-state index contributed by atoms with van der Waals surface area (Å²) in [5.74, 6) is 5.41. The number of likely N-dealkylation sites (tertiary alicyclic amines) is 1. The van der Waals surface area contributed by atoms with E-state index in [9.17, 15) is 9.90 Å². The van der Waals surface area contributed by atoms with Gasteiger partial charge in [-0.05, 0) is 38.8 Å². The zero-order valence-corrected chi connectivity index (χ0v) is 11.2. The van der Waals surface area contributed by atoms with Crippen LogP contribution in [0.4, 0.5) is 0 Å². The Hall–Kier alpha value is -1.37. The van der Waals surface area contributed by atoms with E-state index in [4.69, 9.17) is 10.3 Å². The standard InChI is InChI=1S/C13H21N3O3/c1-13(18)4-2-6-16(7-5-13)9-11-10(3-8-19-11)12(17)15-14/h3,8,18H,2,4-7,9,14H2,1H3,(H,15,17). The zero-order valence-electron chi connectivity index (χ0n) is 11.2. The van der Waals surface area contributed by atoms with E-state index in [2.05, 4.69) is 10.3 Å². The molecule has 19 heavy (non-hydrogen) atoms. The van der Waals surface area contributed by atoms with Crippen LogP contribution in [0.25, 0.3) is 0 Å². The second-order valence-electron chi connectivity index (χ2n) is 5.36. The molecule has 1 amide bonds. The molecule has 0 saturated carbocycles. The summed E-state index contributed by atoms with van der Waals surface area (Å²) in [7, 11) is 0. The van der Waals surface area contributed by atoms with Crippen LogP contribution in [0.3, 0.4) is 0 Å². The first kappa shape index (κ1) is 14.0. The van der Waals surface area contributed by atoms with Crippen LogP contribution >= 0.6 is 0 Å². The molecule has 1 saturated heterocycles. The summed E-state index contributed by atoms with van der Waals surface area (Å²) in [6.07, 6.45) is 3.96. The number of hydrogen-bond donors (Lipinski definition) is 3. The molecule has 6 heteroatoms. The summed E-state index contributed by atoms with van der Waals surface area (Å²) >= 11 is 0. The number of amides is 1. The molecule has 1 unspecified atom stereocenters. The first-order valence-corrected chi connectivity index (χ1v) is 6.54. The lowest BCUT2D eigenvalue weighted by atomic mass is 9.98. The lowest BCUT2D eigenvalue weighted by Gasteiger charge is -2.21. The van der Waals surface area contributed by atoms with Gasteiger partial charge in [0.15, 0.2) is 0 Å². The fourth-order valence-electron chi connectivity index (χ4n) is 2.42. The molecule has 1 aromatic heterocycles. The molecule has 0 radical (unpaired) electrons. The highest BCUT2D eigenvalue weighted by atomic mass is 16.3. The average molecular weight is 267 g/mol. The molecule has 0 spiro atoms. The van der Waals surface area contributed by atoms with E-state index in [0.717, 1.165) is 32.4 Å². The van der Waals surface area contributed by atoms with Gasteiger partial charge in [0.05, 0.1) is 24.0 Å². The number of nitrogens with two attached hydrogens (primary N) is 1. The van der Waals surface area contributed by atoms with E-state index < -0.39 is 5.60 Å². The van der Waals surface area contributed by atoms with Crippen molar-refractivity contribution in [3.8, 4) is 0 Å². The topological polar surface area (TPSA) is 91.7 Å². The predicted octanol–water partition coefficient (Wildman–Crippen LogP) is 0.620. The number of rotatable bonds is 3. The molecule has 106 valence electrons. The highest BCUT2D eigenvalue weighted by Gasteiger charge is 2.26. The van der Waals surface area contributed by atoms with Crippen LogP contribution in [0.15, 0.2) is 16.7 Å². The molecule has 2 heterocycles. The highest BCUT2D eigenvalue weighted by Crippen LogP contribution is 2.23. The van der Waals surface area contributed by atoms with Crippen LogP contribution in [0.2, 0.25) is 0 Å². The summed E-state index contributed by atoms with van der Waals surface area (Å²) in [5.41, 5.74) is 2.00. The maximum Gasteiger partial charge on any atom is 0.268 e. The van der Waals surface area contributed by atoms with Crippen LogP contribution in [-0.4, -0.2) is 34.6 Å². The second kappa shape index (κ2) is 5.73. The van der Waals surface area contributed by atoms with Crippen molar-refractivity contribution < 1.29 is 14.3 Å². The monoisotopic (exact) mass is 267 g/mol. The van der Waals surface area contributed by atoms with Crippen LogP contribution in [-0.2, 0) is 6.54 Å². The van der Waals surface area contributed by atoms with Gasteiger partial charge in [0.1, 0.15) is 5.76 Å². The van der Waals surface area contributed by atoms with E-state index in [1.54, 1.807) is 6.07 Å². The van der Waals surface area contributed by atoms with Crippen molar-refractivity contribution in [3.63, 3.8) is 0 Å². The van der Waals surface area contributed by atoms with E-state index >= 15 is 0 Å². The van der Waals surface area contributed by atoms with Crippen molar-refractivity contribution in [1.82, 2.24) is 10.3 Å². The summed E-state index contributed by atoms with van der Waals surface area (Å²) in [6.45, 7) is 4.11. The third-order valence-corrected chi connectivity index (χ3v) is 3.64. The second-order valence-corrected chi connectivity index (χ2v) is 5.36. The summed E-state index contributed by atoms with van der Waals surface area (Å²) in [5, 5.41) is 10.0. The predicted molar refractivity (Wildman–Crippen MR) is 70.1 cm³/mol. The molecule has 1 aromatic rings. The van der Waals surface area contributed by atoms with Gasteiger partial charge in [0.25, 0.3) is 5.91 Å². The first-order valence-electron chi connectivity index (χ1n) is 6.54. The van der Waals surface area contributed by atoms with Gasteiger partial charge >= 0.3 is 0 Å². The van der Waals surface area contributed by atoms with Gasteiger partial charge in [-0.25, -0.2) is 5.84 Å². The van der Waals surface area contributed by atoms with Gasteiger partial charge in [-0.15, -0.1) is 0 Å². The van der Waals surface area contributed by atoms with Gasteiger partial charge in [0, 0.05) is 6.54 Å². The Morgan fingerprint density at radius 1 is 1.58 bits per heavy atom. The average Bonchev–Trinajstić information content (AvgIpc) is 2.75. The minimum Gasteiger partial charge on any atom is -0.467 e. The van der Waals surface area contributed by atoms with Crippen molar-refractivity contribution in [2.75, 3.05) is 13.1 Å². The largest absolute Gasteiger partial charge is 0.467 e. The molecule has 0 bridgehead atoms. The van der Waals surface area contributed by atoms with Gasteiger partial charge in [0.2, 0.25) is 0 Å². The number of nitrogens with zero attached hydrogens (tertiary/aromatic N) is 1. The smallest absolute Gasteiger partial charge is 0.268 e. The molecule has 1 aliphatic heterocycles. The highest BCUT2D eigenvalue weighted by molar-refractivity contribution is 5.94. The lowest BCUT2D eigenvalue weighted by molar-refractivity contribution is 0.0441. The molecule has 0 aromatic carbocycles. The van der Waals surface area contributed by atoms with Crippen molar-refractivity contribution in [3.05, 3.63) is 23.7 Å². The summed E-state index contributed by atoms with van der Waals surface area (Å²) < 4.78 is 5.36. The fourth-order valence-corrected chi connectivity index (χ4v) is 2.42. The maximum atomic E-state index is 11.6. The molecule has 1 fully saturated rings. The van der Waals surface area contributed by atoms with Gasteiger partial charge in [-0.3, -0.25) is 15.1 Å². The Kier molecular flexibility index (Phi) is 4.24. The Bertz CT molecular complexity index is 442. The van der Waals surface area contributed by atoms with E-state index in [-0.39, 0.29) is 5.91 Å². The molecule has 2 rings (SSSR count). The van der Waals surface area contributed by atoms with Crippen molar-refractivity contribution in [2.24, 2.45) is 5.84 Å². The number of carbonyl (C=O) groups excluding carboxylic acids is 1. The number of carbonyl (C=O) groups is 1. The molecule has 1 atom stereocenters. The number of nitrogens with one attached hydrogen (secondary N) is 1. The van der Waals surface area contributed by atoms with Crippen molar-refractivity contribution in [2.45, 2.75) is 38.3 Å². The molecule has 4 N–H and O–H groups in total. The van der Waals surface area contributed by atoms with Crippen LogP contribution in [0.1, 0.15) is 42.3 Å². The molecule has 0 aliphatic carbocycles. The zero-order chi connectivity index (χ0) is 13.9. The number of nitrogen functional groups attached to an aromatic ring is 1. The number of aliphatic hydroxyl groups is 1. The minimum absolute atomic E-state index is 0.342. The van der Waals surface area contributed by atoms with Crippen molar-refractivity contribution in [1.29, 1.82) is 0 Å². The number of furan rings is 1. The maximum absolute atomic E-state index is 11.6. The number of hydrogen-bond acceptors (Lipinski definition) is 5. The molecule has 6 nitrogen and oxygen atoms in total. The third-order valence-electron chi connectivity index (χ3n) is 3.64. The Balaban J connectivity index is 2.01. The normalized spacial score (nSPS) is 25.0. The van der Waals surface area contributed by atoms with Gasteiger partial charge in [-0.2, -0.15) is 0 Å². The van der Waals surface area contributed by atoms with E-state index in [1.807, 2.05) is 6.92 Å². The molecule has 1 aliphatic rings. The van der Waals surface area contributed by atoms with E-state index in [1.165, 1.54) is 6.26 Å². The van der Waals surface area contributed by atoms with E-state index in [0.29, 0.717) is 17.9 Å².